The van der Waals surface area contributed by atoms with Crippen molar-refractivity contribution in [2.24, 2.45) is 5.92 Å². The molecule has 4 nitrogen and oxygen atoms in total. The summed E-state index contributed by atoms with van der Waals surface area (Å²) in [5, 5.41) is 10.5. The predicted molar refractivity (Wildman–Crippen MR) is 83.1 cm³/mol. The summed E-state index contributed by atoms with van der Waals surface area (Å²) in [6.45, 7) is 2.24. The molecule has 1 amide bonds. The average molecular weight is 324 g/mol. The lowest BCUT2D eigenvalue weighted by Gasteiger charge is -2.22. The van der Waals surface area contributed by atoms with Crippen LogP contribution >= 0.6 is 22.9 Å². The summed E-state index contributed by atoms with van der Waals surface area (Å²) in [7, 11) is 0. The van der Waals surface area contributed by atoms with Crippen LogP contribution in [0, 0.1) is 5.92 Å². The van der Waals surface area contributed by atoms with E-state index in [1.807, 2.05) is 24.3 Å². The van der Waals surface area contributed by atoms with E-state index in [9.17, 15) is 9.59 Å². The molecule has 2 atom stereocenters. The van der Waals surface area contributed by atoms with Gasteiger partial charge in [-0.3, -0.25) is 9.59 Å². The number of carbonyl (C=O) groups is 2. The van der Waals surface area contributed by atoms with Gasteiger partial charge in [-0.25, -0.2) is 0 Å². The zero-order valence-electron chi connectivity index (χ0n) is 11.4. The van der Waals surface area contributed by atoms with Crippen LogP contribution in [-0.2, 0) is 4.79 Å². The van der Waals surface area contributed by atoms with Crippen LogP contribution in [0.1, 0.15) is 23.0 Å². The lowest BCUT2D eigenvalue weighted by Crippen LogP contribution is -2.37. The number of halogens is 1. The third-order valence-electron chi connectivity index (χ3n) is 4.06. The average Bonchev–Trinajstić information content (AvgIpc) is 3.00. The third-order valence-corrected chi connectivity index (χ3v) is 5.73. The van der Waals surface area contributed by atoms with Gasteiger partial charge in [-0.2, -0.15) is 0 Å². The summed E-state index contributed by atoms with van der Waals surface area (Å²) in [5.74, 6) is -1.51. The van der Waals surface area contributed by atoms with Crippen molar-refractivity contribution in [1.82, 2.24) is 4.90 Å². The molecular weight excluding hydrogens is 310 g/mol. The molecule has 0 saturated carbocycles. The van der Waals surface area contributed by atoms with Crippen molar-refractivity contribution in [3.8, 4) is 0 Å². The van der Waals surface area contributed by atoms with E-state index < -0.39 is 11.9 Å². The summed E-state index contributed by atoms with van der Waals surface area (Å²) in [5.41, 5.74) is 0. The van der Waals surface area contributed by atoms with E-state index >= 15 is 0 Å². The lowest BCUT2D eigenvalue weighted by molar-refractivity contribution is -0.142. The Kier molecular flexibility index (Phi) is 3.63. The van der Waals surface area contributed by atoms with E-state index in [4.69, 9.17) is 16.7 Å². The minimum absolute atomic E-state index is 0.169. The smallest absolute Gasteiger partial charge is 0.308 e. The van der Waals surface area contributed by atoms with Gasteiger partial charge in [0.25, 0.3) is 5.91 Å². The van der Waals surface area contributed by atoms with Gasteiger partial charge in [-0.15, -0.1) is 11.3 Å². The van der Waals surface area contributed by atoms with E-state index in [0.717, 1.165) is 10.1 Å². The summed E-state index contributed by atoms with van der Waals surface area (Å²) in [6, 6.07) is 7.29. The number of nitrogens with zero attached hydrogens (tertiary/aromatic N) is 1. The van der Waals surface area contributed by atoms with Crippen LogP contribution in [0.25, 0.3) is 10.1 Å². The lowest BCUT2D eigenvalue weighted by atomic mass is 10.0. The summed E-state index contributed by atoms with van der Waals surface area (Å²) in [4.78, 5) is 26.0. The molecule has 1 aliphatic heterocycles. The van der Waals surface area contributed by atoms with Gasteiger partial charge in [0, 0.05) is 22.7 Å². The van der Waals surface area contributed by atoms with E-state index in [1.54, 1.807) is 11.8 Å². The fourth-order valence-corrected chi connectivity index (χ4v) is 4.31. The van der Waals surface area contributed by atoms with Gasteiger partial charge < -0.3 is 10.0 Å². The maximum Gasteiger partial charge on any atom is 0.308 e. The molecule has 0 bridgehead atoms. The van der Waals surface area contributed by atoms with Crippen LogP contribution < -0.4 is 0 Å². The van der Waals surface area contributed by atoms with E-state index in [-0.39, 0.29) is 11.9 Å². The molecule has 2 aromatic rings. The van der Waals surface area contributed by atoms with E-state index in [1.165, 1.54) is 11.3 Å². The highest BCUT2D eigenvalue weighted by molar-refractivity contribution is 7.21. The van der Waals surface area contributed by atoms with Crippen LogP contribution in [0.5, 0.6) is 0 Å². The van der Waals surface area contributed by atoms with Gasteiger partial charge >= 0.3 is 5.97 Å². The first kappa shape index (κ1) is 14.4. The maximum atomic E-state index is 12.7. The number of hydrogen-bond acceptors (Lipinski definition) is 3. The minimum Gasteiger partial charge on any atom is -0.481 e. The number of aliphatic carboxylic acids is 1. The van der Waals surface area contributed by atoms with Gasteiger partial charge in [0.15, 0.2) is 0 Å². The highest BCUT2D eigenvalue weighted by Crippen LogP contribution is 2.37. The Morgan fingerprint density at radius 1 is 1.38 bits per heavy atom. The van der Waals surface area contributed by atoms with Crippen molar-refractivity contribution < 1.29 is 14.7 Å². The Morgan fingerprint density at radius 2 is 2.10 bits per heavy atom. The highest BCUT2D eigenvalue weighted by Gasteiger charge is 2.39. The quantitative estimate of drug-likeness (QED) is 0.920. The van der Waals surface area contributed by atoms with Gasteiger partial charge in [-0.05, 0) is 19.4 Å². The molecule has 1 N–H and O–H groups in total. The number of thiophene rings is 1. The molecule has 21 heavy (non-hydrogen) atoms. The van der Waals surface area contributed by atoms with Gasteiger partial charge in [0.1, 0.15) is 4.88 Å². The SMILES string of the molecule is CC1C(C(=O)O)CCN1C(=O)c1sc2ccccc2c1Cl. The molecular formula is C15H14ClNO3S. The first-order chi connectivity index (χ1) is 10.0. The molecule has 0 radical (unpaired) electrons. The topological polar surface area (TPSA) is 57.6 Å². The normalized spacial score (nSPS) is 21.9. The van der Waals surface area contributed by atoms with Crippen molar-refractivity contribution in [2.75, 3.05) is 6.54 Å². The summed E-state index contributed by atoms with van der Waals surface area (Å²) >= 11 is 7.68. The molecule has 0 spiro atoms. The number of carbonyl (C=O) groups excluding carboxylic acids is 1. The first-order valence-corrected chi connectivity index (χ1v) is 7.91. The summed E-state index contributed by atoms with van der Waals surface area (Å²) in [6.07, 6.45) is 0.491. The molecule has 1 fully saturated rings. The van der Waals surface area contributed by atoms with Gasteiger partial charge in [-0.1, -0.05) is 29.8 Å². The van der Waals surface area contributed by atoms with Crippen LogP contribution in [0.15, 0.2) is 24.3 Å². The molecule has 3 rings (SSSR count). The minimum atomic E-state index is -0.847. The fourth-order valence-electron chi connectivity index (χ4n) is 2.84. The maximum absolute atomic E-state index is 12.7. The number of carboxylic acid groups (broad SMARTS) is 1. The van der Waals surface area contributed by atoms with Gasteiger partial charge in [0.2, 0.25) is 0 Å². The second-order valence-electron chi connectivity index (χ2n) is 5.21. The fraction of sp³-hybridized carbons (Fsp3) is 0.333. The Morgan fingerprint density at radius 3 is 2.71 bits per heavy atom. The second kappa shape index (κ2) is 5.31. The number of rotatable bonds is 2. The molecule has 2 unspecified atom stereocenters. The number of fused-ring (bicyclic) bond motifs is 1. The number of amides is 1. The molecule has 1 saturated heterocycles. The Hall–Kier alpha value is -1.59. The van der Waals surface area contributed by atoms with Crippen LogP contribution in [-0.4, -0.2) is 34.5 Å². The van der Waals surface area contributed by atoms with Crippen molar-refractivity contribution in [3.05, 3.63) is 34.2 Å². The summed E-state index contributed by atoms with van der Waals surface area (Å²) < 4.78 is 0.965. The van der Waals surface area contributed by atoms with Crippen LogP contribution in [0.3, 0.4) is 0 Å². The molecule has 1 aromatic heterocycles. The number of likely N-dealkylation sites (tertiary alicyclic amines) is 1. The third kappa shape index (κ3) is 2.30. The van der Waals surface area contributed by atoms with Crippen LogP contribution in [0.2, 0.25) is 5.02 Å². The number of hydrogen-bond donors (Lipinski definition) is 1. The molecule has 110 valence electrons. The van der Waals surface area contributed by atoms with Crippen molar-refractivity contribution in [2.45, 2.75) is 19.4 Å². The molecule has 0 aliphatic carbocycles. The van der Waals surface area contributed by atoms with Crippen molar-refractivity contribution in [3.63, 3.8) is 0 Å². The molecule has 1 aliphatic rings. The monoisotopic (exact) mass is 323 g/mol. The van der Waals surface area contributed by atoms with Crippen molar-refractivity contribution >= 4 is 44.9 Å². The van der Waals surface area contributed by atoms with E-state index in [2.05, 4.69) is 0 Å². The zero-order chi connectivity index (χ0) is 15.1. The molecule has 2 heterocycles. The largest absolute Gasteiger partial charge is 0.481 e. The van der Waals surface area contributed by atoms with Crippen LogP contribution in [0.4, 0.5) is 0 Å². The molecule has 1 aromatic carbocycles. The predicted octanol–water partition coefficient (Wildman–Crippen LogP) is 3.49. The first-order valence-electron chi connectivity index (χ1n) is 6.71. The second-order valence-corrected chi connectivity index (χ2v) is 6.64. The van der Waals surface area contributed by atoms with Crippen molar-refractivity contribution in [1.29, 1.82) is 0 Å². The zero-order valence-corrected chi connectivity index (χ0v) is 12.9. The molecule has 6 heteroatoms. The Balaban J connectivity index is 1.94. The Bertz CT molecular complexity index is 727. The Labute approximate surface area is 130 Å². The van der Waals surface area contributed by atoms with E-state index in [0.29, 0.717) is 22.9 Å². The highest BCUT2D eigenvalue weighted by atomic mass is 35.5. The van der Waals surface area contributed by atoms with Gasteiger partial charge in [0.05, 0.1) is 10.9 Å². The number of carboxylic acids is 1. The standard InChI is InChI=1S/C15H14ClNO3S/c1-8-9(15(19)20)6-7-17(8)14(18)13-12(16)10-4-2-3-5-11(10)21-13/h2-5,8-9H,6-7H2,1H3,(H,19,20). The number of benzene rings is 1.